The molecule has 2 aromatic carbocycles. The van der Waals surface area contributed by atoms with Gasteiger partial charge in [-0.1, -0.05) is 36.7 Å². The first-order valence-corrected chi connectivity index (χ1v) is 8.93. The summed E-state index contributed by atoms with van der Waals surface area (Å²) in [5.41, 5.74) is 3.82. The van der Waals surface area contributed by atoms with E-state index in [2.05, 4.69) is 28.9 Å². The Morgan fingerprint density at radius 3 is 2.96 bits per heavy atom. The van der Waals surface area contributed by atoms with Gasteiger partial charge in [-0.05, 0) is 55.1 Å². The van der Waals surface area contributed by atoms with Crippen molar-refractivity contribution in [1.29, 1.82) is 0 Å². The standard InChI is InChI=1S/C20H21ClN2O/c1-14-5-4-10-23(12-14)13-15-8-9-19-18(11-15)22-20(24-19)16-6-2-3-7-17(16)21/h2-3,6-9,11,14H,4-5,10,12-13H2,1H3. The minimum Gasteiger partial charge on any atom is -0.436 e. The Balaban J connectivity index is 1.60. The van der Waals surface area contributed by atoms with Crippen LogP contribution in [-0.4, -0.2) is 23.0 Å². The summed E-state index contributed by atoms with van der Waals surface area (Å²) < 4.78 is 5.89. The van der Waals surface area contributed by atoms with Crippen molar-refractivity contribution < 1.29 is 4.42 Å². The monoisotopic (exact) mass is 340 g/mol. The van der Waals surface area contributed by atoms with Crippen LogP contribution in [-0.2, 0) is 6.54 Å². The molecule has 1 aliphatic heterocycles. The highest BCUT2D eigenvalue weighted by Crippen LogP contribution is 2.30. The molecule has 0 aliphatic carbocycles. The van der Waals surface area contributed by atoms with E-state index >= 15 is 0 Å². The smallest absolute Gasteiger partial charge is 0.228 e. The number of fused-ring (bicyclic) bond motifs is 1. The molecule has 0 radical (unpaired) electrons. The lowest BCUT2D eigenvalue weighted by Gasteiger charge is -2.30. The molecule has 0 saturated carbocycles. The fraction of sp³-hybridized carbons (Fsp3) is 0.350. The Hall–Kier alpha value is -1.84. The number of hydrogen-bond donors (Lipinski definition) is 0. The SMILES string of the molecule is CC1CCCN(Cc2ccc3oc(-c4ccccc4Cl)nc3c2)C1. The van der Waals surface area contributed by atoms with E-state index in [1.807, 2.05) is 30.3 Å². The molecule has 2 heterocycles. The molecule has 0 N–H and O–H groups in total. The zero-order valence-corrected chi connectivity index (χ0v) is 14.6. The quantitative estimate of drug-likeness (QED) is 0.641. The van der Waals surface area contributed by atoms with E-state index in [-0.39, 0.29) is 0 Å². The van der Waals surface area contributed by atoms with E-state index in [4.69, 9.17) is 16.0 Å². The van der Waals surface area contributed by atoms with E-state index in [9.17, 15) is 0 Å². The summed E-state index contributed by atoms with van der Waals surface area (Å²) in [6.45, 7) is 5.69. The summed E-state index contributed by atoms with van der Waals surface area (Å²) in [6.07, 6.45) is 2.64. The maximum absolute atomic E-state index is 6.25. The molecule has 1 unspecified atom stereocenters. The van der Waals surface area contributed by atoms with Gasteiger partial charge in [0, 0.05) is 13.1 Å². The Labute approximate surface area is 147 Å². The van der Waals surface area contributed by atoms with Crippen LogP contribution in [0, 0.1) is 5.92 Å². The average Bonchev–Trinajstić information content (AvgIpc) is 2.98. The molecule has 1 atom stereocenters. The van der Waals surface area contributed by atoms with Crippen molar-refractivity contribution in [2.45, 2.75) is 26.3 Å². The number of halogens is 1. The minimum absolute atomic E-state index is 0.583. The van der Waals surface area contributed by atoms with E-state index in [1.54, 1.807) is 0 Å². The summed E-state index contributed by atoms with van der Waals surface area (Å²) in [5.74, 6) is 1.38. The van der Waals surface area contributed by atoms with Crippen molar-refractivity contribution in [2.75, 3.05) is 13.1 Å². The number of oxazole rings is 1. The van der Waals surface area contributed by atoms with Gasteiger partial charge in [0.2, 0.25) is 5.89 Å². The van der Waals surface area contributed by atoms with Gasteiger partial charge in [-0.3, -0.25) is 4.90 Å². The summed E-state index contributed by atoms with van der Waals surface area (Å²) >= 11 is 6.25. The molecule has 4 heteroatoms. The van der Waals surface area contributed by atoms with Gasteiger partial charge in [-0.2, -0.15) is 0 Å². The number of piperidine rings is 1. The van der Waals surface area contributed by atoms with Gasteiger partial charge in [0.25, 0.3) is 0 Å². The van der Waals surface area contributed by atoms with Crippen molar-refractivity contribution in [3.8, 4) is 11.5 Å². The largest absolute Gasteiger partial charge is 0.436 e. The summed E-state index contributed by atoms with van der Waals surface area (Å²) in [6, 6.07) is 13.9. The number of rotatable bonds is 3. The van der Waals surface area contributed by atoms with Crippen LogP contribution >= 0.6 is 11.6 Å². The molecule has 1 aliphatic rings. The zero-order valence-electron chi connectivity index (χ0n) is 13.8. The van der Waals surface area contributed by atoms with Crippen molar-refractivity contribution in [2.24, 2.45) is 5.92 Å². The molecule has 1 fully saturated rings. The third kappa shape index (κ3) is 3.19. The van der Waals surface area contributed by atoms with Gasteiger partial charge in [-0.25, -0.2) is 4.98 Å². The van der Waals surface area contributed by atoms with E-state index in [1.165, 1.54) is 31.5 Å². The van der Waals surface area contributed by atoms with Gasteiger partial charge >= 0.3 is 0 Å². The van der Waals surface area contributed by atoms with Crippen LogP contribution < -0.4 is 0 Å². The van der Waals surface area contributed by atoms with E-state index < -0.39 is 0 Å². The Morgan fingerprint density at radius 1 is 1.25 bits per heavy atom. The Morgan fingerprint density at radius 2 is 2.12 bits per heavy atom. The Bertz CT molecular complexity index is 858. The van der Waals surface area contributed by atoms with Crippen LogP contribution in [0.25, 0.3) is 22.6 Å². The molecule has 3 aromatic rings. The summed E-state index contributed by atoms with van der Waals surface area (Å²) in [7, 11) is 0. The summed E-state index contributed by atoms with van der Waals surface area (Å²) in [4.78, 5) is 7.17. The highest BCUT2D eigenvalue weighted by molar-refractivity contribution is 6.33. The predicted molar refractivity (Wildman–Crippen MR) is 98.1 cm³/mol. The normalized spacial score (nSPS) is 19.0. The van der Waals surface area contributed by atoms with Crippen molar-refractivity contribution in [3.63, 3.8) is 0 Å². The van der Waals surface area contributed by atoms with Gasteiger partial charge in [0.15, 0.2) is 5.58 Å². The van der Waals surface area contributed by atoms with E-state index in [0.717, 1.165) is 29.1 Å². The number of likely N-dealkylation sites (tertiary alicyclic amines) is 1. The lowest BCUT2D eigenvalue weighted by Crippen LogP contribution is -2.33. The molecule has 3 nitrogen and oxygen atoms in total. The third-order valence-electron chi connectivity index (χ3n) is 4.70. The first kappa shape index (κ1) is 15.7. The second-order valence-electron chi connectivity index (χ2n) is 6.78. The topological polar surface area (TPSA) is 29.3 Å². The molecular formula is C20H21ClN2O. The molecule has 24 heavy (non-hydrogen) atoms. The van der Waals surface area contributed by atoms with Gasteiger partial charge in [0.1, 0.15) is 5.52 Å². The second kappa shape index (κ2) is 6.58. The maximum atomic E-state index is 6.25. The first-order chi connectivity index (χ1) is 11.7. The van der Waals surface area contributed by atoms with Crippen LogP contribution in [0.1, 0.15) is 25.3 Å². The fourth-order valence-electron chi connectivity index (χ4n) is 3.51. The molecule has 4 rings (SSSR count). The third-order valence-corrected chi connectivity index (χ3v) is 5.03. The average molecular weight is 341 g/mol. The van der Waals surface area contributed by atoms with Crippen LogP contribution in [0.4, 0.5) is 0 Å². The van der Waals surface area contributed by atoms with Crippen LogP contribution in [0.3, 0.4) is 0 Å². The molecule has 1 aromatic heterocycles. The fourth-order valence-corrected chi connectivity index (χ4v) is 3.73. The molecule has 1 saturated heterocycles. The first-order valence-electron chi connectivity index (χ1n) is 8.56. The van der Waals surface area contributed by atoms with Gasteiger partial charge < -0.3 is 4.42 Å². The second-order valence-corrected chi connectivity index (χ2v) is 7.19. The van der Waals surface area contributed by atoms with Crippen LogP contribution in [0.2, 0.25) is 5.02 Å². The highest BCUT2D eigenvalue weighted by Gasteiger charge is 2.17. The van der Waals surface area contributed by atoms with Crippen molar-refractivity contribution in [3.05, 3.63) is 53.1 Å². The van der Waals surface area contributed by atoms with E-state index in [0.29, 0.717) is 10.9 Å². The predicted octanol–water partition coefficient (Wildman–Crippen LogP) is 5.38. The zero-order chi connectivity index (χ0) is 16.5. The van der Waals surface area contributed by atoms with Gasteiger partial charge in [-0.15, -0.1) is 0 Å². The van der Waals surface area contributed by atoms with Crippen molar-refractivity contribution >= 4 is 22.7 Å². The number of aromatic nitrogens is 1. The molecular weight excluding hydrogens is 320 g/mol. The molecule has 124 valence electrons. The van der Waals surface area contributed by atoms with Crippen LogP contribution in [0.15, 0.2) is 46.9 Å². The lowest BCUT2D eigenvalue weighted by atomic mass is 10.00. The minimum atomic E-state index is 0.583. The molecule has 0 spiro atoms. The van der Waals surface area contributed by atoms with Gasteiger partial charge in [0.05, 0.1) is 10.6 Å². The number of nitrogens with zero attached hydrogens (tertiary/aromatic N) is 2. The molecule has 0 bridgehead atoms. The maximum Gasteiger partial charge on any atom is 0.228 e. The summed E-state index contributed by atoms with van der Waals surface area (Å²) in [5, 5.41) is 0.659. The number of hydrogen-bond acceptors (Lipinski definition) is 3. The highest BCUT2D eigenvalue weighted by atomic mass is 35.5. The van der Waals surface area contributed by atoms with Crippen LogP contribution in [0.5, 0.6) is 0 Å². The Kier molecular flexibility index (Phi) is 4.30. The van der Waals surface area contributed by atoms with Crippen molar-refractivity contribution in [1.82, 2.24) is 9.88 Å². The number of benzene rings is 2. The molecule has 0 amide bonds. The lowest BCUT2D eigenvalue weighted by molar-refractivity contribution is 0.176.